The van der Waals surface area contributed by atoms with Crippen molar-refractivity contribution < 1.29 is 9.53 Å². The van der Waals surface area contributed by atoms with Crippen LogP contribution in [0.15, 0.2) is 18.2 Å². The standard InChI is InChI=1S/C18H27NO2/c1-3-4-7-12-19-18(20)14(2)21-17-11-10-15-8-5-6-9-16(15)13-17/h10-11,13-14H,3-9,12H2,1-2H3,(H,19,20). The number of unbranched alkanes of at least 4 members (excludes halogenated alkanes) is 2. The number of carbonyl (C=O) groups excluding carboxylic acids is 1. The first-order valence-corrected chi connectivity index (χ1v) is 8.27. The Balaban J connectivity index is 1.84. The van der Waals surface area contributed by atoms with E-state index in [0.717, 1.165) is 38.0 Å². The largest absolute Gasteiger partial charge is 0.481 e. The number of hydrogen-bond acceptors (Lipinski definition) is 2. The number of rotatable bonds is 7. The molecule has 2 rings (SSSR count). The predicted molar refractivity (Wildman–Crippen MR) is 85.7 cm³/mol. The van der Waals surface area contributed by atoms with Crippen LogP contribution >= 0.6 is 0 Å². The van der Waals surface area contributed by atoms with E-state index in [0.29, 0.717) is 0 Å². The van der Waals surface area contributed by atoms with Crippen LogP contribution in [0, 0.1) is 0 Å². The molecule has 0 saturated carbocycles. The van der Waals surface area contributed by atoms with Crippen LogP contribution in [0.25, 0.3) is 0 Å². The first-order chi connectivity index (χ1) is 10.2. The van der Waals surface area contributed by atoms with E-state index in [2.05, 4.69) is 24.4 Å². The summed E-state index contributed by atoms with van der Waals surface area (Å²) in [4.78, 5) is 12.0. The van der Waals surface area contributed by atoms with Gasteiger partial charge in [-0.05, 0) is 62.3 Å². The fraction of sp³-hybridized carbons (Fsp3) is 0.611. The van der Waals surface area contributed by atoms with Gasteiger partial charge in [0.25, 0.3) is 5.91 Å². The van der Waals surface area contributed by atoms with Crippen LogP contribution in [0.2, 0.25) is 0 Å². The van der Waals surface area contributed by atoms with E-state index in [9.17, 15) is 4.79 Å². The molecule has 1 atom stereocenters. The lowest BCUT2D eigenvalue weighted by Gasteiger charge is -2.19. The topological polar surface area (TPSA) is 38.3 Å². The van der Waals surface area contributed by atoms with Crippen molar-refractivity contribution in [1.29, 1.82) is 0 Å². The second kappa shape index (κ2) is 8.06. The summed E-state index contributed by atoms with van der Waals surface area (Å²) in [5.74, 6) is 0.788. The number of benzene rings is 1. The van der Waals surface area contributed by atoms with Gasteiger partial charge in [-0.15, -0.1) is 0 Å². The lowest BCUT2D eigenvalue weighted by molar-refractivity contribution is -0.127. The maximum atomic E-state index is 12.0. The molecule has 21 heavy (non-hydrogen) atoms. The minimum Gasteiger partial charge on any atom is -0.481 e. The van der Waals surface area contributed by atoms with Crippen LogP contribution in [-0.2, 0) is 17.6 Å². The highest BCUT2D eigenvalue weighted by molar-refractivity contribution is 5.80. The zero-order valence-corrected chi connectivity index (χ0v) is 13.3. The molecule has 0 aliphatic heterocycles. The molecule has 3 heteroatoms. The van der Waals surface area contributed by atoms with Crippen molar-refractivity contribution >= 4 is 5.91 Å². The highest BCUT2D eigenvalue weighted by atomic mass is 16.5. The lowest BCUT2D eigenvalue weighted by Crippen LogP contribution is -2.36. The third kappa shape index (κ3) is 4.76. The minimum atomic E-state index is -0.437. The van der Waals surface area contributed by atoms with Gasteiger partial charge in [0.2, 0.25) is 0 Å². The monoisotopic (exact) mass is 289 g/mol. The number of nitrogens with one attached hydrogen (secondary N) is 1. The molecule has 1 amide bonds. The Morgan fingerprint density at radius 3 is 2.76 bits per heavy atom. The summed E-state index contributed by atoms with van der Waals surface area (Å²) >= 11 is 0. The van der Waals surface area contributed by atoms with Gasteiger partial charge in [0.1, 0.15) is 5.75 Å². The molecule has 1 aromatic carbocycles. The Kier molecular flexibility index (Phi) is 6.09. The first kappa shape index (κ1) is 15.9. The molecule has 0 saturated heterocycles. The van der Waals surface area contributed by atoms with E-state index in [4.69, 9.17) is 4.74 Å². The average molecular weight is 289 g/mol. The van der Waals surface area contributed by atoms with Gasteiger partial charge >= 0.3 is 0 Å². The van der Waals surface area contributed by atoms with Gasteiger partial charge in [0, 0.05) is 6.54 Å². The first-order valence-electron chi connectivity index (χ1n) is 8.27. The fourth-order valence-electron chi connectivity index (χ4n) is 2.77. The average Bonchev–Trinajstić information content (AvgIpc) is 2.51. The van der Waals surface area contributed by atoms with Crippen molar-refractivity contribution in [1.82, 2.24) is 5.32 Å². The molecule has 1 aromatic rings. The van der Waals surface area contributed by atoms with E-state index in [1.807, 2.05) is 13.0 Å². The maximum Gasteiger partial charge on any atom is 0.260 e. The van der Waals surface area contributed by atoms with Crippen LogP contribution in [-0.4, -0.2) is 18.6 Å². The molecule has 0 fully saturated rings. The van der Waals surface area contributed by atoms with Crippen molar-refractivity contribution in [3.8, 4) is 5.75 Å². The van der Waals surface area contributed by atoms with E-state index in [1.54, 1.807) is 0 Å². The van der Waals surface area contributed by atoms with Crippen LogP contribution in [0.3, 0.4) is 0 Å². The quantitative estimate of drug-likeness (QED) is 0.778. The van der Waals surface area contributed by atoms with E-state index >= 15 is 0 Å². The Bertz CT molecular complexity index is 470. The number of hydrogen-bond donors (Lipinski definition) is 1. The van der Waals surface area contributed by atoms with Crippen LogP contribution in [0.4, 0.5) is 0 Å². The Hall–Kier alpha value is -1.51. The second-order valence-electron chi connectivity index (χ2n) is 5.90. The molecule has 0 radical (unpaired) electrons. The smallest absolute Gasteiger partial charge is 0.260 e. The molecule has 0 heterocycles. The van der Waals surface area contributed by atoms with Crippen molar-refractivity contribution in [3.63, 3.8) is 0 Å². The normalized spacial score (nSPS) is 15.1. The van der Waals surface area contributed by atoms with Gasteiger partial charge in [0.05, 0.1) is 0 Å². The SMILES string of the molecule is CCCCCNC(=O)C(C)Oc1ccc2c(c1)CCCC2. The van der Waals surface area contributed by atoms with Gasteiger partial charge in [-0.1, -0.05) is 25.8 Å². The molecule has 0 bridgehead atoms. The van der Waals surface area contributed by atoms with Crippen molar-refractivity contribution in [2.24, 2.45) is 0 Å². The van der Waals surface area contributed by atoms with E-state index in [-0.39, 0.29) is 5.91 Å². The van der Waals surface area contributed by atoms with Gasteiger partial charge in [0.15, 0.2) is 6.10 Å². The summed E-state index contributed by atoms with van der Waals surface area (Å²) < 4.78 is 5.79. The van der Waals surface area contributed by atoms with E-state index < -0.39 is 6.10 Å². The molecule has 0 aromatic heterocycles. The van der Waals surface area contributed by atoms with Gasteiger partial charge in [-0.2, -0.15) is 0 Å². The zero-order valence-electron chi connectivity index (χ0n) is 13.3. The van der Waals surface area contributed by atoms with Gasteiger partial charge < -0.3 is 10.1 Å². The molecule has 116 valence electrons. The Morgan fingerprint density at radius 1 is 1.24 bits per heavy atom. The Labute approximate surface area is 128 Å². The fourth-order valence-corrected chi connectivity index (χ4v) is 2.77. The highest BCUT2D eigenvalue weighted by Gasteiger charge is 2.15. The predicted octanol–water partition coefficient (Wildman–Crippen LogP) is 3.64. The molecular formula is C18H27NO2. The maximum absolute atomic E-state index is 12.0. The molecular weight excluding hydrogens is 262 g/mol. The van der Waals surface area contributed by atoms with Crippen molar-refractivity contribution in [2.75, 3.05) is 6.54 Å². The van der Waals surface area contributed by atoms with Crippen molar-refractivity contribution in [2.45, 2.75) is 64.9 Å². The molecule has 1 unspecified atom stereocenters. The van der Waals surface area contributed by atoms with Gasteiger partial charge in [-0.25, -0.2) is 0 Å². The van der Waals surface area contributed by atoms with E-state index in [1.165, 1.54) is 30.4 Å². The third-order valence-electron chi connectivity index (χ3n) is 4.08. The molecule has 1 N–H and O–H groups in total. The Morgan fingerprint density at radius 2 is 2.00 bits per heavy atom. The summed E-state index contributed by atoms with van der Waals surface area (Å²) in [5.41, 5.74) is 2.82. The summed E-state index contributed by atoms with van der Waals surface area (Å²) in [6.45, 7) is 4.71. The third-order valence-corrected chi connectivity index (χ3v) is 4.08. The van der Waals surface area contributed by atoms with Crippen LogP contribution in [0.5, 0.6) is 5.75 Å². The summed E-state index contributed by atoms with van der Waals surface area (Å²) in [6.07, 6.45) is 7.75. The number of carbonyl (C=O) groups is 1. The van der Waals surface area contributed by atoms with Crippen LogP contribution < -0.4 is 10.1 Å². The zero-order chi connectivity index (χ0) is 15.1. The minimum absolute atomic E-state index is 0.0242. The van der Waals surface area contributed by atoms with Crippen LogP contribution in [0.1, 0.15) is 57.1 Å². The number of fused-ring (bicyclic) bond motifs is 1. The molecule has 3 nitrogen and oxygen atoms in total. The molecule has 1 aliphatic rings. The van der Waals surface area contributed by atoms with Crippen molar-refractivity contribution in [3.05, 3.63) is 29.3 Å². The number of aryl methyl sites for hydroxylation is 2. The highest BCUT2D eigenvalue weighted by Crippen LogP contribution is 2.25. The van der Waals surface area contributed by atoms with Gasteiger partial charge in [-0.3, -0.25) is 4.79 Å². The molecule has 0 spiro atoms. The summed E-state index contributed by atoms with van der Waals surface area (Å²) in [7, 11) is 0. The number of ether oxygens (including phenoxy) is 1. The molecule has 1 aliphatic carbocycles. The summed E-state index contributed by atoms with van der Waals surface area (Å²) in [6, 6.07) is 6.25. The summed E-state index contributed by atoms with van der Waals surface area (Å²) in [5, 5.41) is 2.94. The second-order valence-corrected chi connectivity index (χ2v) is 5.90. The lowest BCUT2D eigenvalue weighted by atomic mass is 9.92. The number of amides is 1.